The first kappa shape index (κ1) is 14.3. The standard InChI is InChI=1S/C12H19BrN2O2/c1-9(2)15-8-10(13)7-11(15)12(16)14(3)5-6-17-4/h7-9H,5-6H2,1-4H3. The second kappa shape index (κ2) is 6.21. The van der Waals surface area contributed by atoms with E-state index in [9.17, 15) is 4.79 Å². The molecule has 5 heteroatoms. The van der Waals surface area contributed by atoms with E-state index in [-0.39, 0.29) is 11.9 Å². The van der Waals surface area contributed by atoms with Gasteiger partial charge in [-0.2, -0.15) is 0 Å². The summed E-state index contributed by atoms with van der Waals surface area (Å²) < 4.78 is 7.87. The number of ether oxygens (including phenoxy) is 1. The predicted octanol–water partition coefficient (Wildman–Crippen LogP) is 2.55. The first-order valence-corrected chi connectivity index (χ1v) is 6.38. The molecule has 1 rings (SSSR count). The van der Waals surface area contributed by atoms with Gasteiger partial charge in [-0.3, -0.25) is 4.79 Å². The van der Waals surface area contributed by atoms with E-state index in [0.717, 1.165) is 4.47 Å². The van der Waals surface area contributed by atoms with Crippen molar-refractivity contribution in [3.63, 3.8) is 0 Å². The van der Waals surface area contributed by atoms with Crippen LogP contribution in [0.3, 0.4) is 0 Å². The number of hydrogen-bond donors (Lipinski definition) is 0. The Morgan fingerprint density at radius 2 is 2.24 bits per heavy atom. The summed E-state index contributed by atoms with van der Waals surface area (Å²) in [6.45, 7) is 5.25. The molecule has 0 fully saturated rings. The molecule has 4 nitrogen and oxygen atoms in total. The minimum absolute atomic E-state index is 0.0152. The van der Waals surface area contributed by atoms with Crippen LogP contribution in [0.5, 0.6) is 0 Å². The Bertz CT molecular complexity index is 388. The molecule has 1 heterocycles. The zero-order valence-corrected chi connectivity index (χ0v) is 12.3. The van der Waals surface area contributed by atoms with E-state index in [1.165, 1.54) is 0 Å². The number of aromatic nitrogens is 1. The lowest BCUT2D eigenvalue weighted by Crippen LogP contribution is -2.31. The minimum atomic E-state index is 0.0152. The van der Waals surface area contributed by atoms with Crippen molar-refractivity contribution in [2.45, 2.75) is 19.9 Å². The topological polar surface area (TPSA) is 34.5 Å². The average Bonchev–Trinajstić information content (AvgIpc) is 2.67. The average molecular weight is 303 g/mol. The van der Waals surface area contributed by atoms with Gasteiger partial charge in [0.15, 0.2) is 0 Å². The number of carbonyl (C=O) groups is 1. The van der Waals surface area contributed by atoms with Crippen molar-refractivity contribution in [2.75, 3.05) is 27.3 Å². The zero-order chi connectivity index (χ0) is 13.0. The first-order chi connectivity index (χ1) is 7.97. The molecule has 0 atom stereocenters. The molecule has 0 radical (unpaired) electrons. The lowest BCUT2D eigenvalue weighted by molar-refractivity contribution is 0.0732. The molecule has 0 N–H and O–H groups in total. The van der Waals surface area contributed by atoms with Crippen LogP contribution in [0.15, 0.2) is 16.7 Å². The molecule has 17 heavy (non-hydrogen) atoms. The molecule has 0 spiro atoms. The predicted molar refractivity (Wildman–Crippen MR) is 71.4 cm³/mol. The van der Waals surface area contributed by atoms with E-state index in [4.69, 9.17) is 4.74 Å². The Labute approximate surface area is 111 Å². The summed E-state index contributed by atoms with van der Waals surface area (Å²) in [5.41, 5.74) is 0.700. The number of methoxy groups -OCH3 is 1. The van der Waals surface area contributed by atoms with Crippen molar-refractivity contribution < 1.29 is 9.53 Å². The summed E-state index contributed by atoms with van der Waals surface area (Å²) in [5.74, 6) is 0.0152. The van der Waals surface area contributed by atoms with E-state index in [0.29, 0.717) is 18.8 Å². The van der Waals surface area contributed by atoms with Crippen molar-refractivity contribution in [3.8, 4) is 0 Å². The quantitative estimate of drug-likeness (QED) is 0.838. The fraction of sp³-hybridized carbons (Fsp3) is 0.583. The Hall–Kier alpha value is -0.810. The van der Waals surface area contributed by atoms with Gasteiger partial charge in [0.25, 0.3) is 5.91 Å². The summed E-state index contributed by atoms with van der Waals surface area (Å²) in [6, 6.07) is 2.11. The zero-order valence-electron chi connectivity index (χ0n) is 10.7. The molecular weight excluding hydrogens is 284 g/mol. The van der Waals surface area contributed by atoms with Crippen LogP contribution in [0.2, 0.25) is 0 Å². The Balaban J connectivity index is 2.87. The van der Waals surface area contributed by atoms with E-state index < -0.39 is 0 Å². The summed E-state index contributed by atoms with van der Waals surface area (Å²) in [4.78, 5) is 13.9. The van der Waals surface area contributed by atoms with Gasteiger partial charge >= 0.3 is 0 Å². The summed E-state index contributed by atoms with van der Waals surface area (Å²) >= 11 is 3.41. The third-order valence-corrected chi connectivity index (χ3v) is 3.00. The molecule has 0 unspecified atom stereocenters. The third-order valence-electron chi connectivity index (χ3n) is 2.57. The number of hydrogen-bond acceptors (Lipinski definition) is 2. The van der Waals surface area contributed by atoms with Crippen LogP contribution in [0.25, 0.3) is 0 Å². The number of carbonyl (C=O) groups excluding carboxylic acids is 1. The number of amides is 1. The molecule has 0 aliphatic rings. The number of rotatable bonds is 5. The van der Waals surface area contributed by atoms with Crippen LogP contribution in [0.4, 0.5) is 0 Å². The maximum atomic E-state index is 12.2. The molecular formula is C12H19BrN2O2. The van der Waals surface area contributed by atoms with Crippen LogP contribution in [-0.2, 0) is 4.74 Å². The molecule has 1 aromatic heterocycles. The highest BCUT2D eigenvalue weighted by atomic mass is 79.9. The molecule has 1 aromatic rings. The van der Waals surface area contributed by atoms with Gasteiger partial charge in [0.2, 0.25) is 0 Å². The Morgan fingerprint density at radius 1 is 1.59 bits per heavy atom. The van der Waals surface area contributed by atoms with Crippen LogP contribution in [0, 0.1) is 0 Å². The van der Waals surface area contributed by atoms with Crippen LogP contribution >= 0.6 is 15.9 Å². The molecule has 0 aliphatic heterocycles. The van der Waals surface area contributed by atoms with Crippen molar-refractivity contribution in [1.29, 1.82) is 0 Å². The van der Waals surface area contributed by atoms with Crippen molar-refractivity contribution >= 4 is 21.8 Å². The molecule has 1 amide bonds. The van der Waals surface area contributed by atoms with Crippen molar-refractivity contribution in [3.05, 3.63) is 22.4 Å². The SMILES string of the molecule is COCCN(C)C(=O)c1cc(Br)cn1C(C)C. The second-order valence-corrected chi connectivity index (χ2v) is 5.18. The van der Waals surface area contributed by atoms with Gasteiger partial charge in [0.1, 0.15) is 5.69 Å². The highest BCUT2D eigenvalue weighted by Gasteiger charge is 2.18. The van der Waals surface area contributed by atoms with Crippen LogP contribution in [0.1, 0.15) is 30.4 Å². The van der Waals surface area contributed by atoms with E-state index in [1.54, 1.807) is 19.1 Å². The lowest BCUT2D eigenvalue weighted by atomic mass is 10.3. The lowest BCUT2D eigenvalue weighted by Gasteiger charge is -2.19. The number of likely N-dealkylation sites (N-methyl/N-ethyl adjacent to an activating group) is 1. The Morgan fingerprint density at radius 3 is 2.76 bits per heavy atom. The summed E-state index contributed by atoms with van der Waals surface area (Å²) in [7, 11) is 3.42. The minimum Gasteiger partial charge on any atom is -0.383 e. The van der Waals surface area contributed by atoms with Gasteiger partial charge in [-0.1, -0.05) is 0 Å². The molecule has 0 aromatic carbocycles. The van der Waals surface area contributed by atoms with E-state index in [2.05, 4.69) is 29.8 Å². The fourth-order valence-corrected chi connectivity index (χ4v) is 2.01. The van der Waals surface area contributed by atoms with Gasteiger partial charge in [-0.05, 0) is 35.8 Å². The monoisotopic (exact) mass is 302 g/mol. The van der Waals surface area contributed by atoms with Crippen LogP contribution in [-0.4, -0.2) is 42.7 Å². The number of nitrogens with zero attached hydrogens (tertiary/aromatic N) is 2. The highest BCUT2D eigenvalue weighted by molar-refractivity contribution is 9.10. The maximum absolute atomic E-state index is 12.2. The van der Waals surface area contributed by atoms with Crippen LogP contribution < -0.4 is 0 Å². The smallest absolute Gasteiger partial charge is 0.270 e. The number of halogens is 1. The van der Waals surface area contributed by atoms with Gasteiger partial charge in [0, 0.05) is 37.4 Å². The van der Waals surface area contributed by atoms with E-state index >= 15 is 0 Å². The van der Waals surface area contributed by atoms with Crippen molar-refractivity contribution in [2.24, 2.45) is 0 Å². The third kappa shape index (κ3) is 3.57. The van der Waals surface area contributed by atoms with Crippen molar-refractivity contribution in [1.82, 2.24) is 9.47 Å². The normalized spacial score (nSPS) is 10.9. The summed E-state index contributed by atoms with van der Waals surface area (Å²) in [5, 5.41) is 0. The van der Waals surface area contributed by atoms with Gasteiger partial charge < -0.3 is 14.2 Å². The molecule has 0 saturated carbocycles. The van der Waals surface area contributed by atoms with E-state index in [1.807, 2.05) is 16.8 Å². The molecule has 0 saturated heterocycles. The fourth-order valence-electron chi connectivity index (χ4n) is 1.57. The van der Waals surface area contributed by atoms with Gasteiger partial charge in [0.05, 0.1) is 6.61 Å². The van der Waals surface area contributed by atoms with Gasteiger partial charge in [-0.25, -0.2) is 0 Å². The Kier molecular flexibility index (Phi) is 5.21. The van der Waals surface area contributed by atoms with Gasteiger partial charge in [-0.15, -0.1) is 0 Å². The summed E-state index contributed by atoms with van der Waals surface area (Å²) in [6.07, 6.45) is 1.93. The highest BCUT2D eigenvalue weighted by Crippen LogP contribution is 2.20. The largest absolute Gasteiger partial charge is 0.383 e. The molecule has 96 valence electrons. The molecule has 0 aliphatic carbocycles. The maximum Gasteiger partial charge on any atom is 0.270 e. The first-order valence-electron chi connectivity index (χ1n) is 5.59. The molecule has 0 bridgehead atoms. The second-order valence-electron chi connectivity index (χ2n) is 4.26.